The van der Waals surface area contributed by atoms with Crippen molar-refractivity contribution in [3.05, 3.63) is 64.1 Å². The van der Waals surface area contributed by atoms with Crippen LogP contribution in [0.2, 0.25) is 10.0 Å². The minimum atomic E-state index is -0.513. The molecule has 5 heteroatoms. The van der Waals surface area contributed by atoms with Gasteiger partial charge in [0, 0.05) is 30.7 Å². The molecular weight excluding hydrogens is 343 g/mol. The molecule has 0 aromatic heterocycles. The maximum absolute atomic E-state index is 9.69. The third kappa shape index (κ3) is 4.02. The second-order valence-electron chi connectivity index (χ2n) is 6.20. The molecule has 0 N–H and O–H groups in total. The number of rotatable bonds is 5. The van der Waals surface area contributed by atoms with Crippen LogP contribution in [0.3, 0.4) is 0 Å². The third-order valence-corrected chi connectivity index (χ3v) is 4.86. The van der Waals surface area contributed by atoms with Crippen LogP contribution in [0, 0.1) is 16.7 Å². The van der Waals surface area contributed by atoms with Gasteiger partial charge in [0.25, 0.3) is 0 Å². The molecule has 24 heavy (non-hydrogen) atoms. The number of ether oxygens (including phenoxy) is 1. The van der Waals surface area contributed by atoms with Crippen LogP contribution in [0.15, 0.2) is 48.5 Å². The van der Waals surface area contributed by atoms with E-state index in [0.717, 1.165) is 19.5 Å². The first kappa shape index (κ1) is 17.1. The second-order valence-corrected chi connectivity index (χ2v) is 7.05. The van der Waals surface area contributed by atoms with E-state index in [1.807, 2.05) is 18.2 Å². The van der Waals surface area contributed by atoms with E-state index in [0.29, 0.717) is 28.9 Å². The van der Waals surface area contributed by atoms with Crippen LogP contribution in [-0.4, -0.2) is 24.6 Å². The van der Waals surface area contributed by atoms with Gasteiger partial charge in [-0.15, -0.1) is 0 Å². The van der Waals surface area contributed by atoms with Crippen LogP contribution < -0.4 is 4.74 Å². The number of benzene rings is 2. The summed E-state index contributed by atoms with van der Waals surface area (Å²) in [6, 6.07) is 17.9. The highest BCUT2D eigenvalue weighted by atomic mass is 35.5. The normalized spacial score (nSPS) is 20.7. The van der Waals surface area contributed by atoms with Crippen molar-refractivity contribution < 1.29 is 4.74 Å². The summed E-state index contributed by atoms with van der Waals surface area (Å²) in [7, 11) is 0. The molecule has 0 radical (unpaired) electrons. The molecule has 1 heterocycles. The maximum atomic E-state index is 9.69. The first-order valence-corrected chi connectivity index (χ1v) is 8.61. The van der Waals surface area contributed by atoms with E-state index in [4.69, 9.17) is 27.9 Å². The average Bonchev–Trinajstić information content (AvgIpc) is 3.00. The van der Waals surface area contributed by atoms with E-state index in [9.17, 15) is 5.26 Å². The van der Waals surface area contributed by atoms with Crippen LogP contribution in [-0.2, 0) is 6.54 Å². The minimum Gasteiger partial charge on any atom is -0.490 e. The number of nitriles is 1. The molecule has 2 aromatic carbocycles. The molecule has 0 amide bonds. The summed E-state index contributed by atoms with van der Waals surface area (Å²) in [5.41, 5.74) is 0.741. The summed E-state index contributed by atoms with van der Waals surface area (Å²) in [5.74, 6) is 0.528. The van der Waals surface area contributed by atoms with Crippen molar-refractivity contribution in [3.8, 4) is 11.8 Å². The molecule has 0 aliphatic carbocycles. The summed E-state index contributed by atoms with van der Waals surface area (Å²) >= 11 is 12.1. The zero-order valence-corrected chi connectivity index (χ0v) is 14.7. The molecule has 1 atom stereocenters. The molecule has 0 spiro atoms. The van der Waals surface area contributed by atoms with Crippen molar-refractivity contribution in [1.29, 1.82) is 5.26 Å². The van der Waals surface area contributed by atoms with Crippen LogP contribution in [0.1, 0.15) is 12.0 Å². The summed E-state index contributed by atoms with van der Waals surface area (Å²) in [6.07, 6.45) is 0.786. The Morgan fingerprint density at radius 2 is 1.96 bits per heavy atom. The number of likely N-dealkylation sites (tertiary alicyclic amines) is 1. The number of hydrogen-bond donors (Lipinski definition) is 0. The van der Waals surface area contributed by atoms with Crippen molar-refractivity contribution in [2.75, 3.05) is 19.7 Å². The highest BCUT2D eigenvalue weighted by Gasteiger charge is 2.39. The third-order valence-electron chi connectivity index (χ3n) is 4.32. The first-order chi connectivity index (χ1) is 11.6. The van der Waals surface area contributed by atoms with E-state index < -0.39 is 5.41 Å². The van der Waals surface area contributed by atoms with Crippen LogP contribution >= 0.6 is 23.2 Å². The Morgan fingerprint density at radius 1 is 1.17 bits per heavy atom. The molecule has 0 saturated carbocycles. The lowest BCUT2D eigenvalue weighted by Crippen LogP contribution is -2.31. The van der Waals surface area contributed by atoms with Gasteiger partial charge in [-0.3, -0.25) is 4.90 Å². The standard InChI is InChI=1S/C19H18Cl2N2O/c20-16-6-7-17(21)18(10-16)24-14-19(12-22)8-9-23(13-19)11-15-4-2-1-3-5-15/h1-7,10H,8-9,11,13-14H2/t19-/m0/s1. The lowest BCUT2D eigenvalue weighted by atomic mass is 9.90. The van der Waals surface area contributed by atoms with Crippen LogP contribution in [0.4, 0.5) is 0 Å². The van der Waals surface area contributed by atoms with Crippen molar-refractivity contribution in [1.82, 2.24) is 4.90 Å². The minimum absolute atomic E-state index is 0.314. The van der Waals surface area contributed by atoms with Crippen molar-refractivity contribution in [2.24, 2.45) is 5.41 Å². The Hall–Kier alpha value is -1.73. The van der Waals surface area contributed by atoms with E-state index in [1.165, 1.54) is 5.56 Å². The number of nitrogens with zero attached hydrogens (tertiary/aromatic N) is 2. The molecule has 1 aliphatic heterocycles. The molecule has 2 aromatic rings. The van der Waals surface area contributed by atoms with Gasteiger partial charge in [0.1, 0.15) is 17.8 Å². The Kier molecular flexibility index (Phi) is 5.30. The molecule has 3 rings (SSSR count). The molecule has 1 fully saturated rings. The monoisotopic (exact) mass is 360 g/mol. The molecule has 3 nitrogen and oxygen atoms in total. The highest BCUT2D eigenvalue weighted by Crippen LogP contribution is 2.34. The zero-order valence-electron chi connectivity index (χ0n) is 13.2. The lowest BCUT2D eigenvalue weighted by Gasteiger charge is -2.22. The fourth-order valence-electron chi connectivity index (χ4n) is 2.98. The summed E-state index contributed by atoms with van der Waals surface area (Å²) in [4.78, 5) is 2.29. The van der Waals surface area contributed by atoms with Crippen LogP contribution in [0.5, 0.6) is 5.75 Å². The molecule has 124 valence electrons. The Labute approximate surface area is 152 Å². The molecule has 0 bridgehead atoms. The van der Waals surface area contributed by atoms with Crippen molar-refractivity contribution >= 4 is 23.2 Å². The van der Waals surface area contributed by atoms with Crippen molar-refractivity contribution in [3.63, 3.8) is 0 Å². The van der Waals surface area contributed by atoms with Gasteiger partial charge in [0.05, 0.1) is 11.1 Å². The quantitative estimate of drug-likeness (QED) is 0.768. The number of hydrogen-bond acceptors (Lipinski definition) is 3. The van der Waals surface area contributed by atoms with Gasteiger partial charge >= 0.3 is 0 Å². The molecule has 1 aliphatic rings. The zero-order chi connectivity index (χ0) is 17.0. The highest BCUT2D eigenvalue weighted by molar-refractivity contribution is 6.34. The van der Waals surface area contributed by atoms with E-state index in [2.05, 4.69) is 23.1 Å². The maximum Gasteiger partial charge on any atom is 0.139 e. The van der Waals surface area contributed by atoms with E-state index in [1.54, 1.807) is 18.2 Å². The second kappa shape index (κ2) is 7.44. The Balaban J connectivity index is 1.63. The van der Waals surface area contributed by atoms with Gasteiger partial charge in [-0.1, -0.05) is 53.5 Å². The largest absolute Gasteiger partial charge is 0.490 e. The predicted molar refractivity (Wildman–Crippen MR) is 96.3 cm³/mol. The van der Waals surface area contributed by atoms with Crippen LogP contribution in [0.25, 0.3) is 0 Å². The van der Waals surface area contributed by atoms with Gasteiger partial charge < -0.3 is 4.74 Å². The molecule has 1 saturated heterocycles. The topological polar surface area (TPSA) is 36.3 Å². The summed E-state index contributed by atoms with van der Waals surface area (Å²) in [6.45, 7) is 2.74. The average molecular weight is 361 g/mol. The first-order valence-electron chi connectivity index (χ1n) is 7.86. The Morgan fingerprint density at radius 3 is 2.71 bits per heavy atom. The van der Waals surface area contributed by atoms with Gasteiger partial charge in [0.2, 0.25) is 0 Å². The van der Waals surface area contributed by atoms with Crippen molar-refractivity contribution in [2.45, 2.75) is 13.0 Å². The smallest absolute Gasteiger partial charge is 0.139 e. The van der Waals surface area contributed by atoms with Gasteiger partial charge in [0.15, 0.2) is 0 Å². The fourth-order valence-corrected chi connectivity index (χ4v) is 3.31. The SMILES string of the molecule is N#C[C@@]1(COc2cc(Cl)ccc2Cl)CCN(Cc2ccccc2)C1. The van der Waals surface area contributed by atoms with E-state index >= 15 is 0 Å². The number of halogens is 2. The van der Waals surface area contributed by atoms with Gasteiger partial charge in [-0.25, -0.2) is 0 Å². The molecular formula is C19H18Cl2N2O. The Bertz CT molecular complexity index is 745. The summed E-state index contributed by atoms with van der Waals surface area (Å²) < 4.78 is 5.83. The van der Waals surface area contributed by atoms with Gasteiger partial charge in [-0.2, -0.15) is 5.26 Å². The predicted octanol–water partition coefficient (Wildman–Crippen LogP) is 4.79. The lowest BCUT2D eigenvalue weighted by molar-refractivity contribution is 0.192. The summed E-state index contributed by atoms with van der Waals surface area (Å²) in [5, 5.41) is 10.8. The fraction of sp³-hybridized carbons (Fsp3) is 0.316. The van der Waals surface area contributed by atoms with Gasteiger partial charge in [-0.05, 0) is 24.1 Å². The van der Waals surface area contributed by atoms with E-state index in [-0.39, 0.29) is 0 Å². The molecule has 0 unspecified atom stereocenters.